The molecule has 0 bridgehead atoms. The fourth-order valence-corrected chi connectivity index (χ4v) is 1.90. The van der Waals surface area contributed by atoms with Crippen LogP contribution in [0.1, 0.15) is 11.7 Å². The molecule has 0 aliphatic carbocycles. The first kappa shape index (κ1) is 15.8. The molecule has 1 atom stereocenters. The first-order valence-electron chi connectivity index (χ1n) is 6.20. The molecule has 0 aromatic heterocycles. The smallest absolute Gasteiger partial charge is 0.272 e. The number of non-ortho nitro benzene ring substituents is 1. The van der Waals surface area contributed by atoms with Gasteiger partial charge in [-0.25, -0.2) is 13.2 Å². The summed E-state index contributed by atoms with van der Waals surface area (Å²) in [7, 11) is 0. The van der Waals surface area contributed by atoms with Gasteiger partial charge in [0.2, 0.25) is 0 Å². The van der Waals surface area contributed by atoms with Crippen molar-refractivity contribution in [3.05, 3.63) is 69.5 Å². The maximum atomic E-state index is 13.6. The van der Waals surface area contributed by atoms with E-state index in [0.29, 0.717) is 6.07 Å². The van der Waals surface area contributed by atoms with Gasteiger partial charge in [-0.2, -0.15) is 0 Å². The van der Waals surface area contributed by atoms with E-state index in [1.807, 2.05) is 0 Å². The number of nitrogens with one attached hydrogen (secondary N) is 1. The molecule has 0 aliphatic rings. The Morgan fingerprint density at radius 1 is 1.14 bits per heavy atom. The van der Waals surface area contributed by atoms with Crippen LogP contribution in [0.4, 0.5) is 24.5 Å². The minimum Gasteiger partial charge on any atom is -0.386 e. The molecule has 8 heteroatoms. The number of nitrogens with zero attached hydrogens (tertiary/aromatic N) is 1. The number of aliphatic hydroxyl groups excluding tert-OH is 1. The molecule has 0 saturated heterocycles. The lowest BCUT2D eigenvalue weighted by molar-refractivity contribution is -0.385. The number of rotatable bonds is 5. The largest absolute Gasteiger partial charge is 0.386 e. The van der Waals surface area contributed by atoms with Gasteiger partial charge in [0.15, 0.2) is 5.82 Å². The third kappa shape index (κ3) is 3.34. The second-order valence-electron chi connectivity index (χ2n) is 4.45. The van der Waals surface area contributed by atoms with Crippen molar-refractivity contribution < 1.29 is 23.2 Å². The second-order valence-corrected chi connectivity index (χ2v) is 4.45. The van der Waals surface area contributed by atoms with Crippen LogP contribution in [-0.4, -0.2) is 16.6 Å². The van der Waals surface area contributed by atoms with Crippen molar-refractivity contribution in [2.75, 3.05) is 11.9 Å². The summed E-state index contributed by atoms with van der Waals surface area (Å²) in [6.07, 6.45) is -1.55. The van der Waals surface area contributed by atoms with E-state index in [0.717, 1.165) is 30.3 Å². The van der Waals surface area contributed by atoms with Crippen molar-refractivity contribution in [2.24, 2.45) is 0 Å². The summed E-state index contributed by atoms with van der Waals surface area (Å²) in [6, 6.07) is 6.03. The molecule has 116 valence electrons. The minimum absolute atomic E-state index is 0.124. The van der Waals surface area contributed by atoms with E-state index in [1.54, 1.807) is 0 Å². The Bertz CT molecular complexity index is 689. The Labute approximate surface area is 123 Å². The zero-order valence-electron chi connectivity index (χ0n) is 11.1. The lowest BCUT2D eigenvalue weighted by atomic mass is 10.1. The highest BCUT2D eigenvalue weighted by molar-refractivity contribution is 5.50. The van der Waals surface area contributed by atoms with Crippen LogP contribution in [0, 0.1) is 27.6 Å². The van der Waals surface area contributed by atoms with Crippen molar-refractivity contribution in [1.29, 1.82) is 0 Å². The van der Waals surface area contributed by atoms with Gasteiger partial charge >= 0.3 is 0 Å². The molecule has 1 unspecified atom stereocenters. The lowest BCUT2D eigenvalue weighted by Gasteiger charge is -2.15. The van der Waals surface area contributed by atoms with Crippen LogP contribution in [0.5, 0.6) is 0 Å². The van der Waals surface area contributed by atoms with E-state index in [1.165, 1.54) is 0 Å². The Kier molecular flexibility index (Phi) is 4.62. The number of halogens is 3. The summed E-state index contributed by atoms with van der Waals surface area (Å²) < 4.78 is 40.6. The van der Waals surface area contributed by atoms with Crippen LogP contribution >= 0.6 is 0 Å². The van der Waals surface area contributed by atoms with Crippen LogP contribution in [0.25, 0.3) is 0 Å². The van der Waals surface area contributed by atoms with Gasteiger partial charge < -0.3 is 10.4 Å². The predicted octanol–water partition coefficient (Wildman–Crippen LogP) is 3.16. The molecule has 0 aliphatic heterocycles. The molecule has 5 nitrogen and oxygen atoms in total. The second kappa shape index (κ2) is 6.44. The zero-order valence-corrected chi connectivity index (χ0v) is 11.1. The van der Waals surface area contributed by atoms with E-state index < -0.39 is 39.7 Å². The fraction of sp³-hybridized carbons (Fsp3) is 0.143. The fourth-order valence-electron chi connectivity index (χ4n) is 1.90. The van der Waals surface area contributed by atoms with Gasteiger partial charge in [0.1, 0.15) is 17.7 Å². The number of nitro groups is 1. The zero-order chi connectivity index (χ0) is 16.3. The van der Waals surface area contributed by atoms with E-state index in [2.05, 4.69) is 5.32 Å². The average Bonchev–Trinajstić information content (AvgIpc) is 2.45. The molecule has 0 fully saturated rings. The third-order valence-corrected chi connectivity index (χ3v) is 2.98. The molecule has 2 aromatic rings. The number of nitro benzene ring substituents is 1. The number of benzene rings is 2. The van der Waals surface area contributed by atoms with Crippen molar-refractivity contribution in [2.45, 2.75) is 6.10 Å². The van der Waals surface area contributed by atoms with Gasteiger partial charge in [0.25, 0.3) is 5.69 Å². The number of hydrogen-bond donors (Lipinski definition) is 2. The van der Waals surface area contributed by atoms with Gasteiger partial charge in [-0.3, -0.25) is 10.1 Å². The maximum absolute atomic E-state index is 13.6. The molecule has 2 rings (SSSR count). The summed E-state index contributed by atoms with van der Waals surface area (Å²) in [5.74, 6) is -2.74. The van der Waals surface area contributed by atoms with Crippen LogP contribution in [0.3, 0.4) is 0 Å². The van der Waals surface area contributed by atoms with E-state index in [4.69, 9.17) is 0 Å². The lowest BCUT2D eigenvalue weighted by Crippen LogP contribution is -2.15. The maximum Gasteiger partial charge on any atom is 0.272 e. The Balaban J connectivity index is 2.11. The summed E-state index contributed by atoms with van der Waals surface area (Å²) >= 11 is 0. The molecule has 0 saturated carbocycles. The van der Waals surface area contributed by atoms with Crippen LogP contribution < -0.4 is 5.32 Å². The first-order chi connectivity index (χ1) is 10.4. The van der Waals surface area contributed by atoms with Crippen LogP contribution in [0.15, 0.2) is 36.4 Å². The molecule has 2 N–H and O–H groups in total. The average molecular weight is 312 g/mol. The van der Waals surface area contributed by atoms with Crippen molar-refractivity contribution in [1.82, 2.24) is 0 Å². The SMILES string of the molecule is O=[N+]([O-])c1ccc(NCC(O)c2c(F)cccc2F)c(F)c1. The van der Waals surface area contributed by atoms with Gasteiger partial charge in [0.05, 0.1) is 22.2 Å². The highest BCUT2D eigenvalue weighted by Gasteiger charge is 2.18. The normalized spacial score (nSPS) is 12.0. The Morgan fingerprint density at radius 3 is 2.32 bits per heavy atom. The summed E-state index contributed by atoms with van der Waals surface area (Å²) in [5.41, 5.74) is -1.08. The van der Waals surface area contributed by atoms with Gasteiger partial charge in [-0.05, 0) is 18.2 Å². The van der Waals surface area contributed by atoms with Crippen molar-refractivity contribution in [3.8, 4) is 0 Å². The predicted molar refractivity (Wildman–Crippen MR) is 72.9 cm³/mol. The minimum atomic E-state index is -1.55. The van der Waals surface area contributed by atoms with Crippen LogP contribution in [-0.2, 0) is 0 Å². The topological polar surface area (TPSA) is 75.4 Å². The van der Waals surface area contributed by atoms with Gasteiger partial charge in [0, 0.05) is 12.6 Å². The summed E-state index contributed by atoms with van der Waals surface area (Å²) in [4.78, 5) is 9.73. The Morgan fingerprint density at radius 2 is 1.77 bits per heavy atom. The van der Waals surface area contributed by atoms with Crippen LogP contribution in [0.2, 0.25) is 0 Å². The Hall–Kier alpha value is -2.61. The molecule has 0 amide bonds. The number of hydrogen-bond acceptors (Lipinski definition) is 4. The molecule has 0 heterocycles. The monoisotopic (exact) mass is 312 g/mol. The quantitative estimate of drug-likeness (QED) is 0.657. The molecule has 2 aromatic carbocycles. The third-order valence-electron chi connectivity index (χ3n) is 2.98. The molecular formula is C14H11F3N2O3. The van der Waals surface area contributed by atoms with E-state index >= 15 is 0 Å². The highest BCUT2D eigenvalue weighted by Crippen LogP contribution is 2.24. The molecule has 0 spiro atoms. The molecular weight excluding hydrogens is 301 g/mol. The highest BCUT2D eigenvalue weighted by atomic mass is 19.1. The standard InChI is InChI=1S/C14H11F3N2O3/c15-9-2-1-3-10(16)14(9)13(20)7-18-12-5-4-8(19(21)22)6-11(12)17/h1-6,13,18,20H,7H2. The molecule has 0 radical (unpaired) electrons. The van der Waals surface area contributed by atoms with Gasteiger partial charge in [-0.1, -0.05) is 6.07 Å². The summed E-state index contributed by atoms with van der Waals surface area (Å²) in [6.45, 7) is -0.368. The number of anilines is 1. The first-order valence-corrected chi connectivity index (χ1v) is 6.20. The van der Waals surface area contributed by atoms with E-state index in [-0.39, 0.29) is 12.2 Å². The van der Waals surface area contributed by atoms with Gasteiger partial charge in [-0.15, -0.1) is 0 Å². The van der Waals surface area contributed by atoms with Crippen molar-refractivity contribution >= 4 is 11.4 Å². The summed E-state index contributed by atoms with van der Waals surface area (Å²) in [5, 5.41) is 22.7. The van der Waals surface area contributed by atoms with E-state index in [9.17, 15) is 28.4 Å². The van der Waals surface area contributed by atoms with Crippen molar-refractivity contribution in [3.63, 3.8) is 0 Å². The molecule has 22 heavy (non-hydrogen) atoms. The number of aliphatic hydroxyl groups is 1.